The highest BCUT2D eigenvalue weighted by Crippen LogP contribution is 2.47. The molecule has 1 rings (SSSR count). The molecular weight excluding hydrogens is 771 g/mol. The zero-order chi connectivity index (χ0) is 42.0. The van der Waals surface area contributed by atoms with E-state index in [0.29, 0.717) is 84.8 Å². The van der Waals surface area contributed by atoms with Gasteiger partial charge in [-0.05, 0) is 24.1 Å². The maximum atomic E-state index is 13.9. The molecule has 0 heterocycles. The van der Waals surface area contributed by atoms with Gasteiger partial charge in [0.1, 0.15) is 5.75 Å². The summed E-state index contributed by atoms with van der Waals surface area (Å²) in [5.74, 6) is -1.11. The van der Waals surface area contributed by atoms with E-state index in [0.717, 1.165) is 0 Å². The Morgan fingerprint density at radius 2 is 0.965 bits per heavy atom. The third-order valence-electron chi connectivity index (χ3n) is 7.77. The average Bonchev–Trinajstić information content (AvgIpc) is 3.18. The molecule has 0 fully saturated rings. The number of hydrogen-bond acceptors (Lipinski definition) is 15. The Labute approximate surface area is 337 Å². The summed E-state index contributed by atoms with van der Waals surface area (Å²) >= 11 is 0. The first kappa shape index (κ1) is 52.2. The number of amides is 3. The van der Waals surface area contributed by atoms with Crippen molar-refractivity contribution in [2.24, 2.45) is 0 Å². The van der Waals surface area contributed by atoms with Gasteiger partial charge in [0.2, 0.25) is 17.7 Å². The van der Waals surface area contributed by atoms with Crippen LogP contribution in [0, 0.1) is 0 Å². The van der Waals surface area contributed by atoms with Crippen molar-refractivity contribution < 1.29 is 71.0 Å². The Bertz CT molecular complexity index is 1200. The molecule has 0 aliphatic carbocycles. The SMILES string of the molecule is COCCOCCOCCNC(=O)CN(CC(=O)NCCOCCOCCOC)C(Cc1ccc(OP(=O)(O)C(C)C)cc1)C(=O)NCCOCCOCCOC. The molecule has 2 unspecified atom stereocenters. The highest BCUT2D eigenvalue weighted by atomic mass is 31.2. The highest BCUT2D eigenvalue weighted by molar-refractivity contribution is 7.53. The van der Waals surface area contributed by atoms with E-state index in [4.69, 9.17) is 47.2 Å². The molecule has 20 heteroatoms. The monoisotopic (exact) mass is 838 g/mol. The lowest BCUT2D eigenvalue weighted by atomic mass is 10.0. The molecule has 19 nitrogen and oxygen atoms in total. The molecule has 3 amide bonds. The lowest BCUT2D eigenvalue weighted by molar-refractivity contribution is -0.131. The molecule has 57 heavy (non-hydrogen) atoms. The molecule has 0 aromatic heterocycles. The quantitative estimate of drug-likeness (QED) is 0.0519. The summed E-state index contributed by atoms with van der Waals surface area (Å²) in [5.41, 5.74) is 0.0407. The molecule has 2 atom stereocenters. The first-order valence-electron chi connectivity index (χ1n) is 19.1. The van der Waals surface area contributed by atoms with E-state index in [1.807, 2.05) is 0 Å². The van der Waals surface area contributed by atoms with Crippen LogP contribution in [-0.4, -0.2) is 192 Å². The second-order valence-corrected chi connectivity index (χ2v) is 15.0. The summed E-state index contributed by atoms with van der Waals surface area (Å²) in [6.45, 7) is 8.65. The van der Waals surface area contributed by atoms with Gasteiger partial charge in [-0.3, -0.25) is 19.3 Å². The van der Waals surface area contributed by atoms with Crippen molar-refractivity contribution in [3.63, 3.8) is 0 Å². The largest absolute Gasteiger partial charge is 0.424 e. The van der Waals surface area contributed by atoms with Crippen LogP contribution in [0.5, 0.6) is 5.75 Å². The smallest absolute Gasteiger partial charge is 0.379 e. The van der Waals surface area contributed by atoms with Crippen molar-refractivity contribution in [3.05, 3.63) is 29.8 Å². The first-order valence-corrected chi connectivity index (χ1v) is 20.8. The van der Waals surface area contributed by atoms with Crippen LogP contribution in [0.2, 0.25) is 0 Å². The van der Waals surface area contributed by atoms with Crippen LogP contribution in [0.25, 0.3) is 0 Å². The minimum Gasteiger partial charge on any atom is -0.424 e. The Morgan fingerprint density at radius 3 is 1.35 bits per heavy atom. The van der Waals surface area contributed by atoms with Crippen molar-refractivity contribution >= 4 is 25.3 Å². The molecule has 0 bridgehead atoms. The Balaban J connectivity index is 3.05. The van der Waals surface area contributed by atoms with Gasteiger partial charge in [-0.25, -0.2) is 4.57 Å². The fraction of sp³-hybridized carbons (Fsp3) is 0.757. The van der Waals surface area contributed by atoms with E-state index < -0.39 is 37.0 Å². The zero-order valence-electron chi connectivity index (χ0n) is 34.4. The standard InChI is InChI=1S/C37H67N4O15P/c1-31(2)57(45,46)56-33-8-6-32(7-9-33)28-34(37(44)40-12-15-52-24-27-55-21-18-49-5)41(29-35(42)38-10-13-50-22-25-53-19-16-47-3)30-36(43)39-11-14-51-23-26-54-20-17-48-4/h6-9,31,34H,10-30H2,1-5H3,(H,38,42)(H,39,43)(H,40,44)(H,45,46). The topological polar surface area (TPSA) is 220 Å². The normalized spacial score (nSPS) is 13.1. The number of hydrogen-bond donors (Lipinski definition) is 4. The fourth-order valence-electron chi connectivity index (χ4n) is 4.59. The predicted molar refractivity (Wildman–Crippen MR) is 211 cm³/mol. The summed E-state index contributed by atoms with van der Waals surface area (Å²) in [6.07, 6.45) is 0.0835. The molecule has 330 valence electrons. The molecule has 0 aliphatic heterocycles. The van der Waals surface area contributed by atoms with E-state index >= 15 is 0 Å². The van der Waals surface area contributed by atoms with Crippen molar-refractivity contribution in [1.29, 1.82) is 0 Å². The maximum Gasteiger partial charge on any atom is 0.379 e. The number of methoxy groups -OCH3 is 3. The molecular formula is C37H67N4O15P. The average molecular weight is 839 g/mol. The Morgan fingerprint density at radius 1 is 0.596 bits per heavy atom. The summed E-state index contributed by atoms with van der Waals surface area (Å²) in [4.78, 5) is 52.0. The number of carbonyl (C=O) groups is 3. The third kappa shape index (κ3) is 27.5. The van der Waals surface area contributed by atoms with Gasteiger partial charge in [0.15, 0.2) is 0 Å². The van der Waals surface area contributed by atoms with Crippen LogP contribution in [0.1, 0.15) is 19.4 Å². The Hall–Kier alpha value is -2.78. The summed E-state index contributed by atoms with van der Waals surface area (Å²) in [6, 6.07) is 5.40. The minimum absolute atomic E-state index is 0.0835. The first-order chi connectivity index (χ1) is 27.5. The van der Waals surface area contributed by atoms with Gasteiger partial charge in [-0.2, -0.15) is 0 Å². The van der Waals surface area contributed by atoms with E-state index in [9.17, 15) is 23.8 Å². The van der Waals surface area contributed by atoms with Gasteiger partial charge in [0, 0.05) is 41.0 Å². The van der Waals surface area contributed by atoms with Crippen molar-refractivity contribution in [2.45, 2.75) is 32.0 Å². The number of rotatable bonds is 38. The molecule has 0 aliphatic rings. The van der Waals surface area contributed by atoms with Crippen LogP contribution in [0.3, 0.4) is 0 Å². The van der Waals surface area contributed by atoms with Crippen LogP contribution >= 0.6 is 7.60 Å². The van der Waals surface area contributed by atoms with Crippen molar-refractivity contribution in [3.8, 4) is 5.75 Å². The second-order valence-electron chi connectivity index (χ2n) is 12.7. The number of nitrogens with zero attached hydrogens (tertiary/aromatic N) is 1. The van der Waals surface area contributed by atoms with Crippen molar-refractivity contribution in [2.75, 3.05) is 153 Å². The number of nitrogens with one attached hydrogen (secondary N) is 3. The van der Waals surface area contributed by atoms with Crippen LogP contribution in [-0.2, 0) is 68.0 Å². The van der Waals surface area contributed by atoms with Gasteiger partial charge in [0.05, 0.1) is 124 Å². The summed E-state index contributed by atoms with van der Waals surface area (Å²) in [7, 11) is 0.872. The molecule has 4 N–H and O–H groups in total. The maximum absolute atomic E-state index is 13.9. The lowest BCUT2D eigenvalue weighted by Crippen LogP contribution is -2.54. The van der Waals surface area contributed by atoms with Gasteiger partial charge in [-0.1, -0.05) is 26.0 Å². The predicted octanol–water partition coefficient (Wildman–Crippen LogP) is 0.260. The molecule has 0 radical (unpaired) electrons. The second kappa shape index (κ2) is 34.1. The van der Waals surface area contributed by atoms with E-state index in [-0.39, 0.29) is 64.7 Å². The van der Waals surface area contributed by atoms with Crippen molar-refractivity contribution in [1.82, 2.24) is 20.9 Å². The molecule has 1 aromatic carbocycles. The van der Waals surface area contributed by atoms with Gasteiger partial charge in [0.25, 0.3) is 0 Å². The molecule has 0 saturated heterocycles. The lowest BCUT2D eigenvalue weighted by Gasteiger charge is -2.30. The number of ether oxygens (including phenoxy) is 9. The summed E-state index contributed by atoms with van der Waals surface area (Å²) in [5, 5.41) is 8.43. The van der Waals surface area contributed by atoms with Gasteiger partial charge in [-0.15, -0.1) is 0 Å². The Kier molecular flexibility index (Phi) is 31.3. The van der Waals surface area contributed by atoms with Crippen LogP contribution in [0.15, 0.2) is 24.3 Å². The molecule has 0 saturated carbocycles. The van der Waals surface area contributed by atoms with Gasteiger partial charge < -0.3 is 68.0 Å². The molecule has 0 spiro atoms. The number of carbonyl (C=O) groups excluding carboxylic acids is 3. The van der Waals surface area contributed by atoms with E-state index in [1.54, 1.807) is 47.3 Å². The minimum atomic E-state index is -3.89. The summed E-state index contributed by atoms with van der Waals surface area (Å²) < 4.78 is 65.4. The van der Waals surface area contributed by atoms with Crippen LogP contribution in [0.4, 0.5) is 0 Å². The van der Waals surface area contributed by atoms with E-state index in [1.165, 1.54) is 17.0 Å². The third-order valence-corrected chi connectivity index (χ3v) is 9.55. The zero-order valence-corrected chi connectivity index (χ0v) is 35.3. The number of benzene rings is 1. The highest BCUT2D eigenvalue weighted by Gasteiger charge is 2.30. The van der Waals surface area contributed by atoms with Gasteiger partial charge >= 0.3 is 7.60 Å². The van der Waals surface area contributed by atoms with Crippen LogP contribution < -0.4 is 20.5 Å². The molecule has 1 aromatic rings. The fourth-order valence-corrected chi connectivity index (χ4v) is 5.23. The van der Waals surface area contributed by atoms with E-state index in [2.05, 4.69) is 16.0 Å².